The Labute approximate surface area is 112 Å². The third kappa shape index (κ3) is 3.37. The van der Waals surface area contributed by atoms with Gasteiger partial charge in [-0.1, -0.05) is 26.8 Å². The molecule has 0 amide bonds. The van der Waals surface area contributed by atoms with Crippen molar-refractivity contribution in [2.75, 3.05) is 6.61 Å². The summed E-state index contributed by atoms with van der Waals surface area (Å²) >= 11 is 0. The summed E-state index contributed by atoms with van der Waals surface area (Å²) in [5.74, 6) is 0.696. The second-order valence-corrected chi connectivity index (χ2v) is 6.63. The van der Waals surface area contributed by atoms with Gasteiger partial charge in [-0.15, -0.1) is 6.58 Å². The average Bonchev–Trinajstić information content (AvgIpc) is 2.29. The van der Waals surface area contributed by atoms with Gasteiger partial charge in [-0.3, -0.25) is 4.79 Å². The summed E-state index contributed by atoms with van der Waals surface area (Å²) in [5, 5.41) is 0. The zero-order valence-corrected chi connectivity index (χ0v) is 12.4. The lowest BCUT2D eigenvalue weighted by Crippen LogP contribution is -2.39. The molecular weight excluding hydrogens is 224 g/mol. The van der Waals surface area contributed by atoms with E-state index in [0.29, 0.717) is 17.9 Å². The quantitative estimate of drug-likeness (QED) is 0.549. The molecule has 18 heavy (non-hydrogen) atoms. The largest absolute Gasteiger partial charge is 0.466 e. The number of allylic oxidation sites excluding steroid dienone is 1. The van der Waals surface area contributed by atoms with E-state index in [0.717, 1.165) is 32.1 Å². The van der Waals surface area contributed by atoms with E-state index >= 15 is 0 Å². The predicted molar refractivity (Wildman–Crippen MR) is 75.3 cm³/mol. The highest BCUT2D eigenvalue weighted by Gasteiger charge is 2.43. The van der Waals surface area contributed by atoms with Crippen molar-refractivity contribution in [3.8, 4) is 0 Å². The highest BCUT2D eigenvalue weighted by Crippen LogP contribution is 2.47. The minimum atomic E-state index is -0.292. The maximum Gasteiger partial charge on any atom is 0.312 e. The fourth-order valence-corrected chi connectivity index (χ4v) is 3.09. The lowest BCUT2D eigenvalue weighted by atomic mass is 9.63. The Morgan fingerprint density at radius 1 is 1.39 bits per heavy atom. The van der Waals surface area contributed by atoms with Gasteiger partial charge in [-0.2, -0.15) is 0 Å². The van der Waals surface area contributed by atoms with Crippen LogP contribution in [0, 0.1) is 16.7 Å². The van der Waals surface area contributed by atoms with Crippen LogP contribution in [0.1, 0.15) is 59.8 Å². The number of esters is 1. The van der Waals surface area contributed by atoms with Crippen molar-refractivity contribution in [2.45, 2.75) is 59.8 Å². The normalized spacial score (nSPS) is 28.8. The smallest absolute Gasteiger partial charge is 0.312 e. The van der Waals surface area contributed by atoms with E-state index in [2.05, 4.69) is 27.4 Å². The molecule has 0 saturated heterocycles. The molecule has 0 heterocycles. The van der Waals surface area contributed by atoms with Crippen molar-refractivity contribution in [2.24, 2.45) is 16.7 Å². The summed E-state index contributed by atoms with van der Waals surface area (Å²) in [7, 11) is 0. The summed E-state index contributed by atoms with van der Waals surface area (Å²) in [6.45, 7) is 13.0. The van der Waals surface area contributed by atoms with Crippen LogP contribution in [0.3, 0.4) is 0 Å². The molecule has 0 N–H and O–H groups in total. The van der Waals surface area contributed by atoms with Gasteiger partial charge in [0.25, 0.3) is 0 Å². The van der Waals surface area contributed by atoms with Gasteiger partial charge in [0.05, 0.1) is 12.0 Å². The predicted octanol–water partition coefficient (Wildman–Crippen LogP) is 4.35. The Balaban J connectivity index is 2.74. The summed E-state index contributed by atoms with van der Waals surface area (Å²) in [6.07, 6.45) is 6.75. The highest BCUT2D eigenvalue weighted by molar-refractivity contribution is 5.77. The molecule has 0 aromatic rings. The molecule has 1 fully saturated rings. The molecule has 0 aliphatic heterocycles. The van der Waals surface area contributed by atoms with Crippen LogP contribution in [0.25, 0.3) is 0 Å². The number of carbonyl (C=O) groups excluding carboxylic acids is 1. The molecule has 2 heteroatoms. The van der Waals surface area contributed by atoms with E-state index < -0.39 is 0 Å². The minimum Gasteiger partial charge on any atom is -0.466 e. The summed E-state index contributed by atoms with van der Waals surface area (Å²) in [5.41, 5.74) is 0.0501. The Hall–Kier alpha value is -0.790. The zero-order chi connectivity index (χ0) is 13.8. The van der Waals surface area contributed by atoms with E-state index in [-0.39, 0.29) is 11.4 Å². The average molecular weight is 252 g/mol. The molecule has 104 valence electrons. The molecule has 1 aliphatic carbocycles. The van der Waals surface area contributed by atoms with Crippen LogP contribution in [0.4, 0.5) is 0 Å². The first-order valence-corrected chi connectivity index (χ1v) is 7.14. The Morgan fingerprint density at radius 2 is 1.94 bits per heavy atom. The van der Waals surface area contributed by atoms with E-state index in [1.807, 2.05) is 13.0 Å². The van der Waals surface area contributed by atoms with Gasteiger partial charge in [0.2, 0.25) is 0 Å². The second-order valence-electron chi connectivity index (χ2n) is 6.63. The third-order valence-electron chi connectivity index (χ3n) is 4.41. The Morgan fingerprint density at radius 3 is 2.33 bits per heavy atom. The third-order valence-corrected chi connectivity index (χ3v) is 4.41. The molecule has 0 radical (unpaired) electrons. The molecule has 0 atom stereocenters. The molecule has 0 unspecified atom stereocenters. The van der Waals surface area contributed by atoms with Crippen molar-refractivity contribution in [1.29, 1.82) is 0 Å². The van der Waals surface area contributed by atoms with E-state index in [1.54, 1.807) is 0 Å². The van der Waals surface area contributed by atoms with Crippen LogP contribution in [0.2, 0.25) is 0 Å². The van der Waals surface area contributed by atoms with Gasteiger partial charge in [0.1, 0.15) is 0 Å². The maximum atomic E-state index is 12.2. The molecule has 1 aliphatic rings. The monoisotopic (exact) mass is 252 g/mol. The van der Waals surface area contributed by atoms with Crippen LogP contribution in [0.5, 0.6) is 0 Å². The van der Waals surface area contributed by atoms with E-state index in [4.69, 9.17) is 4.74 Å². The lowest BCUT2D eigenvalue weighted by molar-refractivity contribution is -0.158. The van der Waals surface area contributed by atoms with Crippen LogP contribution in [-0.2, 0) is 9.53 Å². The fourth-order valence-electron chi connectivity index (χ4n) is 3.09. The summed E-state index contributed by atoms with van der Waals surface area (Å²) in [4.78, 5) is 12.2. The van der Waals surface area contributed by atoms with Gasteiger partial charge in [0, 0.05) is 0 Å². The number of hydrogen-bond acceptors (Lipinski definition) is 2. The van der Waals surface area contributed by atoms with Gasteiger partial charge in [0.15, 0.2) is 0 Å². The van der Waals surface area contributed by atoms with Gasteiger partial charge in [-0.25, -0.2) is 0 Å². The molecule has 1 rings (SSSR count). The highest BCUT2D eigenvalue weighted by atomic mass is 16.5. The van der Waals surface area contributed by atoms with Crippen molar-refractivity contribution in [1.82, 2.24) is 0 Å². The van der Waals surface area contributed by atoms with E-state index in [9.17, 15) is 4.79 Å². The van der Waals surface area contributed by atoms with Crippen molar-refractivity contribution in [3.63, 3.8) is 0 Å². The zero-order valence-electron chi connectivity index (χ0n) is 12.4. The number of carbonyl (C=O) groups is 1. The van der Waals surface area contributed by atoms with Gasteiger partial charge >= 0.3 is 5.97 Å². The van der Waals surface area contributed by atoms with Crippen molar-refractivity contribution >= 4 is 5.97 Å². The first-order valence-electron chi connectivity index (χ1n) is 7.14. The van der Waals surface area contributed by atoms with Crippen LogP contribution in [-0.4, -0.2) is 12.6 Å². The second kappa shape index (κ2) is 5.90. The molecule has 1 saturated carbocycles. The standard InChI is InChI=1S/C16H28O2/c1-6-10-16(14(17)18-7-2)11-8-13(9-12-16)15(3,4)5/h6,13H,1,7-12H2,2-5H3. The fraction of sp³-hybridized carbons (Fsp3) is 0.812. The Bertz CT molecular complexity index is 291. The summed E-state index contributed by atoms with van der Waals surface area (Å²) in [6, 6.07) is 0. The van der Waals surface area contributed by atoms with Crippen LogP contribution < -0.4 is 0 Å². The minimum absolute atomic E-state index is 0.0164. The first kappa shape index (κ1) is 15.3. The number of hydrogen-bond donors (Lipinski definition) is 0. The molecular formula is C16H28O2. The molecule has 0 bridgehead atoms. The van der Waals surface area contributed by atoms with Gasteiger partial charge in [-0.05, 0) is 50.4 Å². The van der Waals surface area contributed by atoms with Crippen LogP contribution in [0.15, 0.2) is 12.7 Å². The molecule has 0 aromatic heterocycles. The molecule has 2 nitrogen and oxygen atoms in total. The molecule has 0 spiro atoms. The first-order chi connectivity index (χ1) is 8.35. The van der Waals surface area contributed by atoms with Crippen molar-refractivity contribution < 1.29 is 9.53 Å². The Kier molecular flexibility index (Phi) is 5.01. The van der Waals surface area contributed by atoms with E-state index in [1.165, 1.54) is 0 Å². The number of ether oxygens (including phenoxy) is 1. The summed E-state index contributed by atoms with van der Waals surface area (Å²) < 4.78 is 5.27. The SMILES string of the molecule is C=CCC1(C(=O)OCC)CCC(C(C)(C)C)CC1. The van der Waals surface area contributed by atoms with Gasteiger partial charge < -0.3 is 4.74 Å². The molecule has 0 aromatic carbocycles. The van der Waals surface area contributed by atoms with Crippen molar-refractivity contribution in [3.05, 3.63) is 12.7 Å². The maximum absolute atomic E-state index is 12.2. The topological polar surface area (TPSA) is 26.3 Å². The lowest BCUT2D eigenvalue weighted by Gasteiger charge is -2.42. The number of rotatable bonds is 4. The van der Waals surface area contributed by atoms with Crippen LogP contribution >= 0.6 is 0 Å².